The van der Waals surface area contributed by atoms with Gasteiger partial charge in [0.1, 0.15) is 10.8 Å². The number of hydrogen-bond acceptors (Lipinski definition) is 8. The summed E-state index contributed by atoms with van der Waals surface area (Å²) in [6.45, 7) is 3.65. The Bertz CT molecular complexity index is 1160. The van der Waals surface area contributed by atoms with Gasteiger partial charge < -0.3 is 19.3 Å². The molecule has 3 aromatic rings. The maximum Gasteiger partial charge on any atom is 0.242 e. The molecule has 1 unspecified atom stereocenters. The predicted octanol–water partition coefficient (Wildman–Crippen LogP) is 3.45. The Kier molecular flexibility index (Phi) is 9.32. The molecule has 2 heterocycles. The Morgan fingerprint density at radius 2 is 1.92 bits per heavy atom. The first kappa shape index (κ1) is 26.1. The molecular weight excluding hydrogens is 496 g/mol. The van der Waals surface area contributed by atoms with Crippen molar-refractivity contribution in [3.8, 4) is 5.75 Å². The van der Waals surface area contributed by atoms with Gasteiger partial charge in [0.05, 0.1) is 32.1 Å². The smallest absolute Gasteiger partial charge is 0.242 e. The fraction of sp³-hybridized carbons (Fsp3) is 0.385. The van der Waals surface area contributed by atoms with Gasteiger partial charge in [-0.05, 0) is 36.6 Å². The lowest BCUT2D eigenvalue weighted by Gasteiger charge is -2.25. The second-order valence-corrected chi connectivity index (χ2v) is 10.9. The Balaban J connectivity index is 1.43. The van der Waals surface area contributed by atoms with Gasteiger partial charge in [0.15, 0.2) is 4.34 Å². The van der Waals surface area contributed by atoms with E-state index in [1.165, 1.54) is 28.7 Å². The molecule has 0 bridgehead atoms. The molecule has 0 aliphatic carbocycles. The minimum atomic E-state index is -0.309. The second kappa shape index (κ2) is 12.8. The Hall–Kier alpha value is -2.95. The van der Waals surface area contributed by atoms with Crippen molar-refractivity contribution in [2.24, 2.45) is 0 Å². The van der Waals surface area contributed by atoms with E-state index in [4.69, 9.17) is 9.47 Å². The summed E-state index contributed by atoms with van der Waals surface area (Å²) in [4.78, 5) is 29.7. The molecular formula is C26H30N4O4S2. The molecule has 2 amide bonds. The van der Waals surface area contributed by atoms with E-state index < -0.39 is 0 Å². The molecule has 0 radical (unpaired) electrons. The molecule has 1 saturated heterocycles. The van der Waals surface area contributed by atoms with E-state index in [2.05, 4.69) is 22.3 Å². The molecule has 8 nitrogen and oxygen atoms in total. The van der Waals surface area contributed by atoms with E-state index in [1.54, 1.807) is 12.0 Å². The molecule has 1 atom stereocenters. The topological polar surface area (TPSA) is 84.9 Å². The average molecular weight is 527 g/mol. The fourth-order valence-electron chi connectivity index (χ4n) is 3.93. The van der Waals surface area contributed by atoms with Gasteiger partial charge in [-0.15, -0.1) is 10.2 Å². The lowest BCUT2D eigenvalue weighted by molar-refractivity contribution is -0.137. The molecule has 0 N–H and O–H groups in total. The van der Waals surface area contributed by atoms with Crippen molar-refractivity contribution in [2.75, 3.05) is 39.0 Å². The number of carbonyl (C=O) groups is 2. The number of aryl methyl sites for hydroxylation is 1. The van der Waals surface area contributed by atoms with Crippen molar-refractivity contribution in [1.82, 2.24) is 20.0 Å². The number of benzene rings is 2. The SMILES string of the molecule is COc1cccc(COC2CN(CCc3ccccc3)C(=O)CN(C(=O)CSc3nnc(C)s3)C2)c1. The van der Waals surface area contributed by atoms with Gasteiger partial charge in [0.25, 0.3) is 0 Å². The molecule has 1 aliphatic heterocycles. The van der Waals surface area contributed by atoms with E-state index in [-0.39, 0.29) is 30.2 Å². The first-order chi connectivity index (χ1) is 17.5. The highest BCUT2D eigenvalue weighted by atomic mass is 32.2. The maximum absolute atomic E-state index is 13.2. The number of nitrogens with zero attached hydrogens (tertiary/aromatic N) is 4. The molecule has 1 aromatic heterocycles. The minimum Gasteiger partial charge on any atom is -0.497 e. The Morgan fingerprint density at radius 1 is 1.11 bits per heavy atom. The van der Waals surface area contributed by atoms with Crippen LogP contribution in [0.5, 0.6) is 5.75 Å². The minimum absolute atomic E-state index is 0.0440. The number of methoxy groups -OCH3 is 1. The Morgan fingerprint density at radius 3 is 2.67 bits per heavy atom. The second-order valence-electron chi connectivity index (χ2n) is 8.51. The average Bonchev–Trinajstić information content (AvgIpc) is 3.25. The zero-order valence-corrected chi connectivity index (χ0v) is 22.1. The van der Waals surface area contributed by atoms with Crippen molar-refractivity contribution < 1.29 is 19.1 Å². The lowest BCUT2D eigenvalue weighted by Crippen LogP contribution is -2.40. The van der Waals surface area contributed by atoms with Crippen LogP contribution in [-0.4, -0.2) is 77.0 Å². The first-order valence-electron chi connectivity index (χ1n) is 11.8. The third-order valence-electron chi connectivity index (χ3n) is 5.84. The predicted molar refractivity (Wildman–Crippen MR) is 140 cm³/mol. The largest absolute Gasteiger partial charge is 0.497 e. The lowest BCUT2D eigenvalue weighted by atomic mass is 10.1. The number of ether oxygens (including phenoxy) is 2. The maximum atomic E-state index is 13.2. The van der Waals surface area contributed by atoms with Crippen LogP contribution >= 0.6 is 23.1 Å². The van der Waals surface area contributed by atoms with Gasteiger partial charge in [0.2, 0.25) is 11.8 Å². The van der Waals surface area contributed by atoms with Crippen LogP contribution < -0.4 is 4.74 Å². The zero-order chi connectivity index (χ0) is 25.3. The van der Waals surface area contributed by atoms with Gasteiger partial charge in [-0.2, -0.15) is 0 Å². The zero-order valence-electron chi connectivity index (χ0n) is 20.5. The van der Waals surface area contributed by atoms with Crippen LogP contribution in [0.4, 0.5) is 0 Å². The molecule has 1 aliphatic rings. The standard InChI is InChI=1S/C26H30N4O4S2/c1-19-27-28-26(36-19)35-18-25(32)30-15-23(34-17-21-9-6-10-22(13-21)33-2)14-29(24(31)16-30)12-11-20-7-4-3-5-8-20/h3-10,13,23H,11-12,14-18H2,1-2H3. The van der Waals surface area contributed by atoms with Crippen molar-refractivity contribution in [3.05, 3.63) is 70.7 Å². The quantitative estimate of drug-likeness (QED) is 0.374. The molecule has 4 rings (SSSR count). The number of aromatic nitrogens is 2. The molecule has 1 fully saturated rings. The highest BCUT2D eigenvalue weighted by molar-refractivity contribution is 8.01. The van der Waals surface area contributed by atoms with E-state index in [9.17, 15) is 9.59 Å². The van der Waals surface area contributed by atoms with Gasteiger partial charge in [0, 0.05) is 19.6 Å². The Labute approximate surface area is 219 Å². The summed E-state index contributed by atoms with van der Waals surface area (Å²) >= 11 is 2.80. The summed E-state index contributed by atoms with van der Waals surface area (Å²) in [5.41, 5.74) is 2.14. The van der Waals surface area contributed by atoms with E-state index in [1.807, 2.05) is 54.3 Å². The highest BCUT2D eigenvalue weighted by Crippen LogP contribution is 2.23. The number of rotatable bonds is 10. The van der Waals surface area contributed by atoms with Crippen LogP contribution in [0.15, 0.2) is 58.9 Å². The van der Waals surface area contributed by atoms with E-state index in [0.717, 1.165) is 27.1 Å². The number of amides is 2. The first-order valence-corrected chi connectivity index (χ1v) is 13.6. The van der Waals surface area contributed by atoms with E-state index >= 15 is 0 Å². The van der Waals surface area contributed by atoms with Crippen molar-refractivity contribution in [3.63, 3.8) is 0 Å². The highest BCUT2D eigenvalue weighted by Gasteiger charge is 2.31. The summed E-state index contributed by atoms with van der Waals surface area (Å²) in [5.74, 6) is 0.788. The molecule has 10 heteroatoms. The summed E-state index contributed by atoms with van der Waals surface area (Å²) < 4.78 is 12.3. The van der Waals surface area contributed by atoms with Crippen LogP contribution in [0.25, 0.3) is 0 Å². The fourth-order valence-corrected chi connectivity index (χ4v) is 5.65. The van der Waals surface area contributed by atoms with Gasteiger partial charge in [-0.25, -0.2) is 0 Å². The summed E-state index contributed by atoms with van der Waals surface area (Å²) in [7, 11) is 1.63. The van der Waals surface area contributed by atoms with Crippen molar-refractivity contribution in [2.45, 2.75) is 30.4 Å². The van der Waals surface area contributed by atoms with Crippen LogP contribution in [0.1, 0.15) is 16.1 Å². The molecule has 0 saturated carbocycles. The van der Waals surface area contributed by atoms with Crippen molar-refractivity contribution in [1.29, 1.82) is 0 Å². The normalized spacial score (nSPS) is 16.2. The molecule has 190 valence electrons. The number of thioether (sulfide) groups is 1. The summed E-state index contributed by atoms with van der Waals surface area (Å²) in [5, 5.41) is 8.93. The van der Waals surface area contributed by atoms with Crippen molar-refractivity contribution >= 4 is 34.9 Å². The monoisotopic (exact) mass is 526 g/mol. The van der Waals surface area contributed by atoms with Gasteiger partial charge >= 0.3 is 0 Å². The van der Waals surface area contributed by atoms with Gasteiger partial charge in [-0.3, -0.25) is 9.59 Å². The molecule has 36 heavy (non-hydrogen) atoms. The number of hydrogen-bond donors (Lipinski definition) is 0. The van der Waals surface area contributed by atoms with Crippen LogP contribution in [-0.2, 0) is 27.4 Å². The van der Waals surface area contributed by atoms with Crippen LogP contribution in [0.3, 0.4) is 0 Å². The third kappa shape index (κ3) is 7.52. The van der Waals surface area contributed by atoms with Crippen LogP contribution in [0, 0.1) is 6.92 Å². The summed E-state index contributed by atoms with van der Waals surface area (Å²) in [6, 6.07) is 17.8. The number of carbonyl (C=O) groups excluding carboxylic acids is 2. The molecule has 2 aromatic carbocycles. The van der Waals surface area contributed by atoms with Crippen LogP contribution in [0.2, 0.25) is 0 Å². The summed E-state index contributed by atoms with van der Waals surface area (Å²) in [6.07, 6.45) is 0.436. The molecule has 0 spiro atoms. The third-order valence-corrected chi connectivity index (χ3v) is 7.80. The van der Waals surface area contributed by atoms with E-state index in [0.29, 0.717) is 26.2 Å². The van der Waals surface area contributed by atoms with Gasteiger partial charge in [-0.1, -0.05) is 65.6 Å².